The zero-order valence-corrected chi connectivity index (χ0v) is 12.4. The first-order valence-corrected chi connectivity index (χ1v) is 6.78. The van der Waals surface area contributed by atoms with Crippen molar-refractivity contribution in [1.82, 2.24) is 0 Å². The lowest BCUT2D eigenvalue weighted by Crippen LogP contribution is -2.03. The predicted molar refractivity (Wildman–Crippen MR) is 77.6 cm³/mol. The smallest absolute Gasteiger partial charge is 0.146 e. The number of hydrogen-bond donors (Lipinski definition) is 1. The molecule has 2 aromatic rings. The second-order valence-electron chi connectivity index (χ2n) is 4.17. The van der Waals surface area contributed by atoms with Crippen LogP contribution < -0.4 is 5.32 Å². The highest BCUT2D eigenvalue weighted by molar-refractivity contribution is 9.10. The molecule has 0 saturated carbocycles. The monoisotopic (exact) mass is 345 g/mol. The third-order valence-electron chi connectivity index (χ3n) is 2.73. The second kappa shape index (κ2) is 5.88. The molecule has 0 atom stereocenters. The standard InChI is InChI=1S/C14H11BrClF2N/c1-8-4-13(18)14(6-12(8)17)19-7-9-5-10(15)2-3-11(9)16/h2-6,19H,7H2,1H3. The van der Waals surface area contributed by atoms with Gasteiger partial charge < -0.3 is 5.32 Å². The van der Waals surface area contributed by atoms with Gasteiger partial charge in [0.1, 0.15) is 11.6 Å². The van der Waals surface area contributed by atoms with Gasteiger partial charge in [-0.3, -0.25) is 0 Å². The quantitative estimate of drug-likeness (QED) is 0.795. The first kappa shape index (κ1) is 14.3. The van der Waals surface area contributed by atoms with Crippen molar-refractivity contribution in [3.05, 3.63) is 62.6 Å². The van der Waals surface area contributed by atoms with Gasteiger partial charge >= 0.3 is 0 Å². The summed E-state index contributed by atoms with van der Waals surface area (Å²) >= 11 is 9.37. The van der Waals surface area contributed by atoms with Crippen LogP contribution in [0.5, 0.6) is 0 Å². The number of halogens is 4. The summed E-state index contributed by atoms with van der Waals surface area (Å²) in [6.07, 6.45) is 0. The molecular formula is C14H11BrClF2N. The molecule has 0 aliphatic heterocycles. The van der Waals surface area contributed by atoms with Crippen LogP contribution in [0.2, 0.25) is 5.02 Å². The molecule has 0 unspecified atom stereocenters. The number of aryl methyl sites for hydroxylation is 1. The van der Waals surface area contributed by atoms with Crippen LogP contribution in [-0.4, -0.2) is 0 Å². The van der Waals surface area contributed by atoms with E-state index in [2.05, 4.69) is 21.2 Å². The van der Waals surface area contributed by atoms with Crippen LogP contribution in [0, 0.1) is 18.6 Å². The summed E-state index contributed by atoms with van der Waals surface area (Å²) in [5.41, 5.74) is 1.21. The van der Waals surface area contributed by atoms with Crippen molar-refractivity contribution in [3.8, 4) is 0 Å². The lowest BCUT2D eigenvalue weighted by atomic mass is 10.2. The van der Waals surface area contributed by atoms with E-state index in [1.807, 2.05) is 12.1 Å². The zero-order chi connectivity index (χ0) is 14.0. The Balaban J connectivity index is 2.19. The highest BCUT2D eigenvalue weighted by Gasteiger charge is 2.08. The first-order chi connectivity index (χ1) is 8.97. The summed E-state index contributed by atoms with van der Waals surface area (Å²) in [5.74, 6) is -0.922. The van der Waals surface area contributed by atoms with Gasteiger partial charge in [-0.1, -0.05) is 27.5 Å². The van der Waals surface area contributed by atoms with E-state index in [0.717, 1.165) is 16.1 Å². The molecule has 19 heavy (non-hydrogen) atoms. The van der Waals surface area contributed by atoms with E-state index >= 15 is 0 Å². The fourth-order valence-electron chi connectivity index (χ4n) is 1.65. The van der Waals surface area contributed by atoms with E-state index in [4.69, 9.17) is 11.6 Å². The van der Waals surface area contributed by atoms with Crippen molar-refractivity contribution in [2.45, 2.75) is 13.5 Å². The van der Waals surface area contributed by atoms with Crippen molar-refractivity contribution in [2.24, 2.45) is 0 Å². The van der Waals surface area contributed by atoms with Crippen molar-refractivity contribution < 1.29 is 8.78 Å². The number of rotatable bonds is 3. The molecule has 1 N–H and O–H groups in total. The maximum atomic E-state index is 13.6. The molecule has 0 amide bonds. The summed E-state index contributed by atoms with van der Waals surface area (Å²) in [6.45, 7) is 1.84. The van der Waals surface area contributed by atoms with E-state index in [9.17, 15) is 8.78 Å². The summed E-state index contributed by atoms with van der Waals surface area (Å²) in [7, 11) is 0. The van der Waals surface area contributed by atoms with Gasteiger partial charge in [0.25, 0.3) is 0 Å². The van der Waals surface area contributed by atoms with Gasteiger partial charge in [-0.25, -0.2) is 8.78 Å². The molecule has 0 aliphatic carbocycles. The van der Waals surface area contributed by atoms with Crippen LogP contribution in [0.15, 0.2) is 34.8 Å². The molecular weight excluding hydrogens is 336 g/mol. The molecule has 0 fully saturated rings. The summed E-state index contributed by atoms with van der Waals surface area (Å²) in [5, 5.41) is 3.42. The van der Waals surface area contributed by atoms with Crippen molar-refractivity contribution in [1.29, 1.82) is 0 Å². The van der Waals surface area contributed by atoms with Gasteiger partial charge in [0.2, 0.25) is 0 Å². The van der Waals surface area contributed by atoms with E-state index in [-0.39, 0.29) is 11.3 Å². The van der Waals surface area contributed by atoms with E-state index in [1.54, 1.807) is 6.07 Å². The highest BCUT2D eigenvalue weighted by atomic mass is 79.9. The molecule has 100 valence electrons. The fraction of sp³-hybridized carbons (Fsp3) is 0.143. The van der Waals surface area contributed by atoms with Crippen LogP contribution in [0.4, 0.5) is 14.5 Å². The molecule has 0 heterocycles. The van der Waals surface area contributed by atoms with Gasteiger partial charge in [-0.05, 0) is 42.3 Å². The van der Waals surface area contributed by atoms with Gasteiger partial charge in [0, 0.05) is 22.1 Å². The van der Waals surface area contributed by atoms with Gasteiger partial charge in [0.05, 0.1) is 5.69 Å². The normalized spacial score (nSPS) is 10.6. The largest absolute Gasteiger partial charge is 0.378 e. The Labute approximate surface area is 123 Å². The second-order valence-corrected chi connectivity index (χ2v) is 5.49. The first-order valence-electron chi connectivity index (χ1n) is 5.61. The van der Waals surface area contributed by atoms with Crippen molar-refractivity contribution >= 4 is 33.2 Å². The fourth-order valence-corrected chi connectivity index (χ4v) is 2.24. The van der Waals surface area contributed by atoms with Crippen molar-refractivity contribution in [2.75, 3.05) is 5.32 Å². The summed E-state index contributed by atoms with van der Waals surface area (Å²) in [4.78, 5) is 0. The Bertz CT molecular complexity index is 617. The lowest BCUT2D eigenvalue weighted by molar-refractivity contribution is 0.594. The molecule has 0 bridgehead atoms. The van der Waals surface area contributed by atoms with Gasteiger partial charge in [-0.2, -0.15) is 0 Å². The third kappa shape index (κ3) is 3.45. The molecule has 0 spiro atoms. The minimum atomic E-state index is -0.481. The number of hydrogen-bond acceptors (Lipinski definition) is 1. The number of benzene rings is 2. The van der Waals surface area contributed by atoms with E-state index in [0.29, 0.717) is 11.6 Å². The van der Waals surface area contributed by atoms with Crippen molar-refractivity contribution in [3.63, 3.8) is 0 Å². The summed E-state index contributed by atoms with van der Waals surface area (Å²) < 4.78 is 27.9. The third-order valence-corrected chi connectivity index (χ3v) is 3.59. The Kier molecular flexibility index (Phi) is 4.42. The van der Waals surface area contributed by atoms with E-state index < -0.39 is 11.6 Å². The Morgan fingerprint density at radius 1 is 1.16 bits per heavy atom. The SMILES string of the molecule is Cc1cc(F)c(NCc2cc(Br)ccc2Cl)cc1F. The van der Waals surface area contributed by atoms with Crippen LogP contribution in [0.25, 0.3) is 0 Å². The maximum absolute atomic E-state index is 13.6. The molecule has 1 nitrogen and oxygen atoms in total. The lowest BCUT2D eigenvalue weighted by Gasteiger charge is -2.10. The molecule has 0 aromatic heterocycles. The molecule has 2 aromatic carbocycles. The molecule has 2 rings (SSSR count). The molecule has 5 heteroatoms. The molecule has 0 aliphatic rings. The minimum absolute atomic E-state index is 0.124. The minimum Gasteiger partial charge on any atom is -0.378 e. The van der Waals surface area contributed by atoms with Gasteiger partial charge in [-0.15, -0.1) is 0 Å². The Morgan fingerprint density at radius 3 is 2.63 bits per heavy atom. The maximum Gasteiger partial charge on any atom is 0.146 e. The Morgan fingerprint density at radius 2 is 1.89 bits per heavy atom. The highest BCUT2D eigenvalue weighted by Crippen LogP contribution is 2.24. The Hall–Kier alpha value is -1.13. The molecule has 0 radical (unpaired) electrons. The zero-order valence-electron chi connectivity index (χ0n) is 10.1. The molecule has 0 saturated heterocycles. The van der Waals surface area contributed by atoms with E-state index in [1.165, 1.54) is 13.0 Å². The average molecular weight is 347 g/mol. The average Bonchev–Trinajstić information content (AvgIpc) is 2.36. The van der Waals surface area contributed by atoms with Crippen LogP contribution in [-0.2, 0) is 6.54 Å². The predicted octanol–water partition coefficient (Wildman–Crippen LogP) is 5.30. The van der Waals surface area contributed by atoms with Gasteiger partial charge in [0.15, 0.2) is 0 Å². The number of nitrogens with one attached hydrogen (secondary N) is 1. The summed E-state index contributed by atoms with van der Waals surface area (Å²) in [6, 6.07) is 7.71. The van der Waals surface area contributed by atoms with Crippen LogP contribution in [0.3, 0.4) is 0 Å². The topological polar surface area (TPSA) is 12.0 Å². The van der Waals surface area contributed by atoms with Crippen LogP contribution in [0.1, 0.15) is 11.1 Å². The number of anilines is 1. The van der Waals surface area contributed by atoms with Crippen LogP contribution >= 0.6 is 27.5 Å².